The topological polar surface area (TPSA) is 110 Å². The highest BCUT2D eigenvalue weighted by molar-refractivity contribution is 6.31. The molecule has 0 saturated carbocycles. The number of hydrogen-bond acceptors (Lipinski definition) is 6. The van der Waals surface area contributed by atoms with Crippen molar-refractivity contribution < 1.29 is 30.3 Å². The third-order valence-corrected chi connectivity index (χ3v) is 3.79. The number of ether oxygens (including phenoxy) is 1. The van der Waals surface area contributed by atoms with Crippen LogP contribution in [-0.4, -0.2) is 56.1 Å². The number of aliphatic hydroxyl groups is 5. The summed E-state index contributed by atoms with van der Waals surface area (Å²) in [4.78, 5) is 0. The van der Waals surface area contributed by atoms with E-state index in [4.69, 9.17) is 21.4 Å². The van der Waals surface area contributed by atoms with E-state index in [0.717, 1.165) is 0 Å². The molecule has 0 bridgehead atoms. The quantitative estimate of drug-likeness (QED) is 0.519. The smallest absolute Gasteiger partial charge is 0.257 e. The van der Waals surface area contributed by atoms with Gasteiger partial charge in [-0.25, -0.2) is 0 Å². The van der Waals surface area contributed by atoms with Crippen LogP contribution in [0.5, 0.6) is 0 Å². The van der Waals surface area contributed by atoms with E-state index in [-0.39, 0.29) is 6.42 Å². The van der Waals surface area contributed by atoms with Crippen molar-refractivity contribution in [3.63, 3.8) is 0 Å². The van der Waals surface area contributed by atoms with Crippen LogP contribution in [0.2, 0.25) is 5.02 Å². The lowest BCUT2D eigenvalue weighted by Crippen LogP contribution is -2.64. The molecule has 1 aliphatic rings. The van der Waals surface area contributed by atoms with Gasteiger partial charge >= 0.3 is 0 Å². The number of halogens is 1. The van der Waals surface area contributed by atoms with Crippen molar-refractivity contribution in [2.45, 2.75) is 30.3 Å². The first-order valence-electron chi connectivity index (χ1n) is 6.06. The van der Waals surface area contributed by atoms with Crippen molar-refractivity contribution in [2.24, 2.45) is 0 Å². The van der Waals surface area contributed by atoms with E-state index in [1.807, 2.05) is 0 Å². The molecular formula is C13H16ClO6. The van der Waals surface area contributed by atoms with Gasteiger partial charge in [0, 0.05) is 11.4 Å². The maximum Gasteiger partial charge on any atom is 0.257 e. The minimum atomic E-state index is -2.20. The predicted octanol–water partition coefficient (Wildman–Crippen LogP) is -0.412. The molecule has 1 aliphatic heterocycles. The van der Waals surface area contributed by atoms with Crippen LogP contribution in [-0.2, 0) is 11.2 Å². The molecule has 0 aromatic heterocycles. The number of benzene rings is 1. The fourth-order valence-corrected chi connectivity index (χ4v) is 2.39. The van der Waals surface area contributed by atoms with Gasteiger partial charge in [0.2, 0.25) is 0 Å². The fraction of sp³-hybridized carbons (Fsp3) is 0.462. The normalized spacial score (nSPS) is 35.2. The van der Waals surface area contributed by atoms with Crippen LogP contribution in [0.3, 0.4) is 0 Å². The van der Waals surface area contributed by atoms with Crippen molar-refractivity contribution >= 4 is 11.6 Å². The summed E-state index contributed by atoms with van der Waals surface area (Å²) in [6.07, 6.45) is -5.55. The van der Waals surface area contributed by atoms with E-state index < -0.39 is 36.8 Å². The second kappa shape index (κ2) is 5.95. The third kappa shape index (κ3) is 2.68. The van der Waals surface area contributed by atoms with E-state index in [2.05, 4.69) is 0 Å². The Bertz CT molecular complexity index is 470. The zero-order chi connectivity index (χ0) is 14.9. The van der Waals surface area contributed by atoms with Crippen molar-refractivity contribution in [3.8, 4) is 0 Å². The second-order valence-electron chi connectivity index (χ2n) is 4.77. The Morgan fingerprint density at radius 1 is 1.25 bits per heavy atom. The Kier molecular flexibility index (Phi) is 4.66. The monoisotopic (exact) mass is 303 g/mol. The van der Waals surface area contributed by atoms with Gasteiger partial charge in [-0.15, -0.1) is 0 Å². The number of hydrogen-bond donors (Lipinski definition) is 5. The fourth-order valence-electron chi connectivity index (χ4n) is 2.19. The molecule has 1 fully saturated rings. The summed E-state index contributed by atoms with van der Waals surface area (Å²) in [5, 5.41) is 49.3. The van der Waals surface area contributed by atoms with Gasteiger partial charge in [-0.3, -0.25) is 0 Å². The predicted molar refractivity (Wildman–Crippen MR) is 69.3 cm³/mol. The maximum atomic E-state index is 10.4. The average molecular weight is 304 g/mol. The van der Waals surface area contributed by atoms with Crippen LogP contribution in [0.4, 0.5) is 0 Å². The minimum Gasteiger partial charge on any atom is -0.394 e. The van der Waals surface area contributed by atoms with Crippen LogP contribution in [0, 0.1) is 6.29 Å². The first kappa shape index (κ1) is 15.7. The van der Waals surface area contributed by atoms with Crippen molar-refractivity contribution in [1.82, 2.24) is 0 Å². The summed E-state index contributed by atoms with van der Waals surface area (Å²) in [6.45, 7) is -0.607. The Morgan fingerprint density at radius 2 is 1.90 bits per heavy atom. The molecule has 1 aromatic carbocycles. The summed E-state index contributed by atoms with van der Waals surface area (Å²) in [7, 11) is 0. The molecular weight excluding hydrogens is 288 g/mol. The highest BCUT2D eigenvalue weighted by Crippen LogP contribution is 2.37. The molecule has 0 amide bonds. The van der Waals surface area contributed by atoms with E-state index in [9.17, 15) is 20.4 Å². The lowest BCUT2D eigenvalue weighted by atomic mass is 9.82. The molecule has 1 heterocycles. The second-order valence-corrected chi connectivity index (χ2v) is 5.18. The van der Waals surface area contributed by atoms with Crippen LogP contribution in [0.25, 0.3) is 0 Å². The van der Waals surface area contributed by atoms with E-state index in [1.54, 1.807) is 24.3 Å². The SMILES string of the molecule is OC[C@H]1O[C](O)[C@@](O)(Cc2ccccc2Cl)[C@@H](O)[C@@H]1O. The Hall–Kier alpha value is -0.730. The first-order valence-corrected chi connectivity index (χ1v) is 6.43. The summed E-state index contributed by atoms with van der Waals surface area (Å²) in [5.41, 5.74) is -1.73. The molecule has 6 nitrogen and oxygen atoms in total. The van der Waals surface area contributed by atoms with Crippen molar-refractivity contribution in [3.05, 3.63) is 41.1 Å². The standard InChI is InChI=1S/C13H16ClO6/c14-8-4-2-1-3-7(8)5-13(19)11(17)10(16)9(6-15)20-12(13)18/h1-4,9-11,15-19H,5-6H2/t9-,10-,11+,13-/m1/s1. The molecule has 1 radical (unpaired) electrons. The van der Waals surface area contributed by atoms with E-state index in [0.29, 0.717) is 10.6 Å². The summed E-state index contributed by atoms with van der Waals surface area (Å²) >= 11 is 5.97. The molecule has 111 valence electrons. The Balaban J connectivity index is 2.26. The molecule has 2 rings (SSSR count). The van der Waals surface area contributed by atoms with Crippen LogP contribution < -0.4 is 0 Å². The summed E-state index contributed by atoms with van der Waals surface area (Å²) in [6, 6.07) is 6.60. The van der Waals surface area contributed by atoms with Crippen LogP contribution >= 0.6 is 11.6 Å². The van der Waals surface area contributed by atoms with E-state index in [1.165, 1.54) is 0 Å². The van der Waals surface area contributed by atoms with Gasteiger partial charge in [-0.2, -0.15) is 0 Å². The lowest BCUT2D eigenvalue weighted by molar-refractivity contribution is -0.273. The van der Waals surface area contributed by atoms with Gasteiger partial charge in [0.05, 0.1) is 6.61 Å². The molecule has 20 heavy (non-hydrogen) atoms. The molecule has 1 saturated heterocycles. The number of rotatable bonds is 3. The van der Waals surface area contributed by atoms with E-state index >= 15 is 0 Å². The summed E-state index contributed by atoms with van der Waals surface area (Å²) < 4.78 is 4.86. The van der Waals surface area contributed by atoms with Crippen LogP contribution in [0.15, 0.2) is 24.3 Å². The summed E-state index contributed by atoms with van der Waals surface area (Å²) in [5.74, 6) is 0. The zero-order valence-corrected chi connectivity index (χ0v) is 11.2. The largest absolute Gasteiger partial charge is 0.394 e. The average Bonchev–Trinajstić information content (AvgIpc) is 2.43. The van der Waals surface area contributed by atoms with Gasteiger partial charge in [-0.1, -0.05) is 29.8 Å². The van der Waals surface area contributed by atoms with Gasteiger partial charge in [0.1, 0.15) is 18.3 Å². The zero-order valence-electron chi connectivity index (χ0n) is 10.5. The van der Waals surface area contributed by atoms with Gasteiger partial charge in [0.25, 0.3) is 6.29 Å². The lowest BCUT2D eigenvalue weighted by Gasteiger charge is -2.45. The number of aliphatic hydroxyl groups excluding tert-OH is 4. The molecule has 0 aliphatic carbocycles. The van der Waals surface area contributed by atoms with Crippen molar-refractivity contribution in [1.29, 1.82) is 0 Å². The Labute approximate surface area is 120 Å². The van der Waals surface area contributed by atoms with Gasteiger partial charge in [0.15, 0.2) is 5.60 Å². The molecule has 7 heteroatoms. The van der Waals surface area contributed by atoms with Gasteiger partial charge < -0.3 is 30.3 Å². The molecule has 0 spiro atoms. The third-order valence-electron chi connectivity index (χ3n) is 3.42. The Morgan fingerprint density at radius 3 is 2.50 bits per heavy atom. The van der Waals surface area contributed by atoms with Gasteiger partial charge in [-0.05, 0) is 11.6 Å². The van der Waals surface area contributed by atoms with Crippen molar-refractivity contribution in [2.75, 3.05) is 6.61 Å². The maximum absolute atomic E-state index is 10.4. The molecule has 5 N–H and O–H groups in total. The highest BCUT2D eigenvalue weighted by Gasteiger charge is 2.55. The van der Waals surface area contributed by atoms with Crippen LogP contribution in [0.1, 0.15) is 5.56 Å². The molecule has 1 aromatic rings. The highest BCUT2D eigenvalue weighted by atomic mass is 35.5. The molecule has 0 unspecified atom stereocenters. The minimum absolute atomic E-state index is 0.241. The first-order chi connectivity index (χ1) is 9.40. The molecule has 4 atom stereocenters.